The van der Waals surface area contributed by atoms with Gasteiger partial charge in [-0.3, -0.25) is 10.5 Å². The Kier molecular flexibility index (Phi) is 4.98. The van der Waals surface area contributed by atoms with Gasteiger partial charge in [-0.05, 0) is 28.4 Å². The molecule has 0 saturated heterocycles. The van der Waals surface area contributed by atoms with Crippen LogP contribution in [0.3, 0.4) is 0 Å². The van der Waals surface area contributed by atoms with Gasteiger partial charge < -0.3 is 4.74 Å². The first kappa shape index (κ1) is 14.5. The van der Waals surface area contributed by atoms with Crippen molar-refractivity contribution in [2.24, 2.45) is 5.84 Å². The van der Waals surface area contributed by atoms with E-state index >= 15 is 0 Å². The van der Waals surface area contributed by atoms with E-state index in [1.165, 1.54) is 0 Å². The van der Waals surface area contributed by atoms with E-state index < -0.39 is 0 Å². The van der Waals surface area contributed by atoms with Gasteiger partial charge in [-0.25, -0.2) is 5.43 Å². The predicted octanol–water partition coefficient (Wildman–Crippen LogP) is 2.68. The third kappa shape index (κ3) is 3.00. The van der Waals surface area contributed by atoms with Crippen molar-refractivity contribution >= 4 is 27.3 Å². The minimum atomic E-state index is -0.0997. The molecule has 0 bridgehead atoms. The summed E-state index contributed by atoms with van der Waals surface area (Å²) in [5, 5.41) is 6.34. The van der Waals surface area contributed by atoms with E-state index in [9.17, 15) is 0 Å². The Balaban J connectivity index is 2.38. The number of aromatic nitrogens is 2. The summed E-state index contributed by atoms with van der Waals surface area (Å²) in [7, 11) is 1.66. The van der Waals surface area contributed by atoms with E-state index in [2.05, 4.69) is 33.4 Å². The van der Waals surface area contributed by atoms with Crippen LogP contribution in [-0.4, -0.2) is 16.9 Å². The Morgan fingerprint density at radius 1 is 1.63 bits per heavy atom. The lowest BCUT2D eigenvalue weighted by atomic mass is 10.2. The maximum atomic E-state index is 5.73. The number of hydrogen-bond donors (Lipinski definition) is 2. The molecule has 1 unspecified atom stereocenters. The number of hydrazine groups is 1. The molecule has 0 amide bonds. The average Bonchev–Trinajstić information content (AvgIpc) is 3.01. The highest BCUT2D eigenvalue weighted by atomic mass is 79.9. The van der Waals surface area contributed by atoms with Crippen LogP contribution in [0.1, 0.15) is 30.0 Å². The van der Waals surface area contributed by atoms with Gasteiger partial charge in [-0.15, -0.1) is 11.3 Å². The number of aryl methyl sites for hydroxylation is 1. The van der Waals surface area contributed by atoms with Gasteiger partial charge in [0.05, 0.1) is 29.5 Å². The lowest BCUT2D eigenvalue weighted by Gasteiger charge is -2.17. The van der Waals surface area contributed by atoms with Crippen molar-refractivity contribution in [1.82, 2.24) is 15.2 Å². The molecule has 0 aromatic carbocycles. The normalized spacial score (nSPS) is 12.6. The first-order chi connectivity index (χ1) is 9.21. The van der Waals surface area contributed by atoms with Crippen molar-refractivity contribution in [2.75, 3.05) is 7.11 Å². The van der Waals surface area contributed by atoms with Gasteiger partial charge in [0.2, 0.25) is 0 Å². The molecule has 19 heavy (non-hydrogen) atoms. The molecule has 2 heterocycles. The number of nitrogens with zero attached hydrogens (tertiary/aromatic N) is 2. The number of halogens is 1. The van der Waals surface area contributed by atoms with Crippen LogP contribution in [0.4, 0.5) is 0 Å². The number of hydrogen-bond acceptors (Lipinski definition) is 5. The molecule has 7 heteroatoms. The average molecular weight is 345 g/mol. The van der Waals surface area contributed by atoms with Crippen molar-refractivity contribution in [2.45, 2.75) is 25.9 Å². The molecule has 2 aromatic rings. The molecule has 0 aliphatic carbocycles. The summed E-state index contributed by atoms with van der Waals surface area (Å²) in [5.74, 6) is 6.58. The van der Waals surface area contributed by atoms with Crippen LogP contribution in [0.2, 0.25) is 0 Å². The lowest BCUT2D eigenvalue weighted by Crippen LogP contribution is -2.30. The number of rotatable bonds is 6. The zero-order valence-electron chi connectivity index (χ0n) is 10.9. The number of thiophene rings is 1. The molecule has 0 radical (unpaired) electrons. The molecular formula is C12H17BrN4OS. The lowest BCUT2D eigenvalue weighted by molar-refractivity contribution is 0.416. The monoisotopic (exact) mass is 344 g/mol. The largest absolute Gasteiger partial charge is 0.496 e. The van der Waals surface area contributed by atoms with Crippen LogP contribution in [-0.2, 0) is 6.54 Å². The third-order valence-electron chi connectivity index (χ3n) is 2.82. The molecule has 0 fully saturated rings. The molecular weight excluding hydrogens is 328 g/mol. The summed E-state index contributed by atoms with van der Waals surface area (Å²) >= 11 is 5.16. The van der Waals surface area contributed by atoms with E-state index in [0.29, 0.717) is 0 Å². The maximum Gasteiger partial charge on any atom is 0.129 e. The second-order valence-corrected chi connectivity index (χ2v) is 5.89. The van der Waals surface area contributed by atoms with Gasteiger partial charge in [0.1, 0.15) is 5.75 Å². The number of ether oxygens (including phenoxy) is 1. The van der Waals surface area contributed by atoms with Gasteiger partial charge >= 0.3 is 0 Å². The summed E-state index contributed by atoms with van der Waals surface area (Å²) in [6.45, 7) is 2.99. The Labute approximate surface area is 124 Å². The third-order valence-corrected chi connectivity index (χ3v) is 4.41. The molecule has 1 atom stereocenters. The van der Waals surface area contributed by atoms with Gasteiger partial charge in [0.15, 0.2) is 0 Å². The van der Waals surface area contributed by atoms with E-state index in [0.717, 1.165) is 33.8 Å². The SMILES string of the molecule is CCCn1ncc(Br)c1C(NN)c1cc(OC)cs1. The van der Waals surface area contributed by atoms with Crippen molar-refractivity contribution in [1.29, 1.82) is 0 Å². The Hall–Kier alpha value is -0.890. The predicted molar refractivity (Wildman–Crippen MR) is 80.3 cm³/mol. The molecule has 104 valence electrons. The Morgan fingerprint density at radius 2 is 2.42 bits per heavy atom. The van der Waals surface area contributed by atoms with E-state index in [1.807, 2.05) is 16.1 Å². The number of nitrogens with one attached hydrogen (secondary N) is 1. The van der Waals surface area contributed by atoms with Crippen LogP contribution < -0.4 is 16.0 Å². The summed E-state index contributed by atoms with van der Waals surface area (Å²) in [6.07, 6.45) is 2.83. The minimum absolute atomic E-state index is 0.0997. The van der Waals surface area contributed by atoms with Crippen LogP contribution in [0.5, 0.6) is 5.75 Å². The van der Waals surface area contributed by atoms with Crippen molar-refractivity contribution < 1.29 is 4.74 Å². The maximum absolute atomic E-state index is 5.73. The smallest absolute Gasteiger partial charge is 0.129 e. The summed E-state index contributed by atoms with van der Waals surface area (Å²) < 4.78 is 8.15. The standard InChI is InChI=1S/C12H17BrN4OS/c1-3-4-17-12(9(13)6-15-17)11(16-14)10-5-8(18-2)7-19-10/h5-7,11,16H,3-4,14H2,1-2H3. The fraction of sp³-hybridized carbons (Fsp3) is 0.417. The summed E-state index contributed by atoms with van der Waals surface area (Å²) in [5.41, 5.74) is 3.90. The minimum Gasteiger partial charge on any atom is -0.496 e. The number of methoxy groups -OCH3 is 1. The molecule has 0 spiro atoms. The van der Waals surface area contributed by atoms with Gasteiger partial charge in [0.25, 0.3) is 0 Å². The van der Waals surface area contributed by atoms with E-state index in [1.54, 1.807) is 24.6 Å². The van der Waals surface area contributed by atoms with Crippen LogP contribution in [0.25, 0.3) is 0 Å². The zero-order valence-corrected chi connectivity index (χ0v) is 13.3. The van der Waals surface area contributed by atoms with E-state index in [-0.39, 0.29) is 6.04 Å². The fourth-order valence-electron chi connectivity index (χ4n) is 1.94. The van der Waals surface area contributed by atoms with Crippen molar-refractivity contribution in [3.63, 3.8) is 0 Å². The van der Waals surface area contributed by atoms with Crippen molar-refractivity contribution in [3.05, 3.63) is 32.7 Å². The topological polar surface area (TPSA) is 65.1 Å². The van der Waals surface area contributed by atoms with Crippen LogP contribution in [0.15, 0.2) is 22.1 Å². The molecule has 2 aromatic heterocycles. The summed E-state index contributed by atoms with van der Waals surface area (Å²) in [6, 6.07) is 1.89. The summed E-state index contributed by atoms with van der Waals surface area (Å²) in [4.78, 5) is 1.10. The first-order valence-electron chi connectivity index (χ1n) is 6.01. The second-order valence-electron chi connectivity index (χ2n) is 4.09. The van der Waals surface area contributed by atoms with Crippen molar-refractivity contribution in [3.8, 4) is 5.75 Å². The van der Waals surface area contributed by atoms with Gasteiger partial charge in [0, 0.05) is 16.8 Å². The molecule has 5 nitrogen and oxygen atoms in total. The Morgan fingerprint density at radius 3 is 3.00 bits per heavy atom. The highest BCUT2D eigenvalue weighted by Gasteiger charge is 2.22. The Bertz CT molecular complexity index is 540. The molecule has 3 N–H and O–H groups in total. The molecule has 2 rings (SSSR count). The quantitative estimate of drug-likeness (QED) is 0.624. The first-order valence-corrected chi connectivity index (χ1v) is 7.68. The molecule has 0 saturated carbocycles. The fourth-order valence-corrected chi connectivity index (χ4v) is 3.38. The van der Waals surface area contributed by atoms with Crippen LogP contribution >= 0.6 is 27.3 Å². The highest BCUT2D eigenvalue weighted by Crippen LogP contribution is 2.33. The van der Waals surface area contributed by atoms with Crippen LogP contribution in [0, 0.1) is 0 Å². The number of nitrogens with two attached hydrogens (primary N) is 1. The van der Waals surface area contributed by atoms with Gasteiger partial charge in [-0.1, -0.05) is 6.92 Å². The van der Waals surface area contributed by atoms with Gasteiger partial charge in [-0.2, -0.15) is 5.10 Å². The second kappa shape index (κ2) is 6.51. The van der Waals surface area contributed by atoms with E-state index in [4.69, 9.17) is 10.6 Å². The zero-order chi connectivity index (χ0) is 13.8. The molecule has 0 aliphatic rings. The molecule has 0 aliphatic heterocycles. The highest BCUT2D eigenvalue weighted by molar-refractivity contribution is 9.10.